The number of fused-ring (bicyclic) bond motifs is 1. The predicted octanol–water partition coefficient (Wildman–Crippen LogP) is 1.97. The number of para-hydroxylation sites is 1. The second-order valence-corrected chi connectivity index (χ2v) is 4.88. The number of carbonyl (C=O) groups is 2. The molecular formula is C13H8BrN3O2. The van der Waals surface area contributed by atoms with Crippen molar-refractivity contribution in [3.63, 3.8) is 0 Å². The molecule has 1 aromatic heterocycles. The summed E-state index contributed by atoms with van der Waals surface area (Å²) in [6.07, 6.45) is 3.21. The van der Waals surface area contributed by atoms with Crippen molar-refractivity contribution in [1.29, 1.82) is 0 Å². The van der Waals surface area contributed by atoms with E-state index in [1.807, 2.05) is 0 Å². The van der Waals surface area contributed by atoms with Gasteiger partial charge in [-0.2, -0.15) is 0 Å². The zero-order chi connectivity index (χ0) is 13.4. The first-order valence-corrected chi connectivity index (χ1v) is 6.38. The first-order valence-electron chi connectivity index (χ1n) is 5.59. The van der Waals surface area contributed by atoms with E-state index < -0.39 is 11.7 Å². The Morgan fingerprint density at radius 1 is 1.11 bits per heavy atom. The minimum Gasteiger partial charge on any atom is -0.296 e. The summed E-state index contributed by atoms with van der Waals surface area (Å²) in [6.45, 7) is 0.182. The quantitative estimate of drug-likeness (QED) is 0.794. The van der Waals surface area contributed by atoms with Crippen LogP contribution in [-0.4, -0.2) is 21.7 Å². The molecular weight excluding hydrogens is 310 g/mol. The third-order valence-electron chi connectivity index (χ3n) is 2.86. The fraction of sp³-hybridized carbons (Fsp3) is 0.0769. The van der Waals surface area contributed by atoms with Crippen LogP contribution in [0.2, 0.25) is 0 Å². The third-order valence-corrected chi connectivity index (χ3v) is 3.50. The molecule has 0 fully saturated rings. The van der Waals surface area contributed by atoms with E-state index in [-0.39, 0.29) is 6.54 Å². The highest BCUT2D eigenvalue weighted by molar-refractivity contribution is 9.10. The Morgan fingerprint density at radius 2 is 1.84 bits per heavy atom. The topological polar surface area (TPSA) is 63.2 Å². The van der Waals surface area contributed by atoms with Crippen molar-refractivity contribution in [2.75, 3.05) is 4.90 Å². The number of benzene rings is 1. The van der Waals surface area contributed by atoms with Crippen molar-refractivity contribution in [2.45, 2.75) is 6.54 Å². The van der Waals surface area contributed by atoms with Crippen LogP contribution in [0.15, 0.2) is 41.1 Å². The Morgan fingerprint density at radius 3 is 2.58 bits per heavy atom. The lowest BCUT2D eigenvalue weighted by atomic mass is 10.1. The highest BCUT2D eigenvalue weighted by Crippen LogP contribution is 2.36. The van der Waals surface area contributed by atoms with Gasteiger partial charge in [0.05, 0.1) is 17.8 Å². The number of amides is 1. The van der Waals surface area contributed by atoms with Crippen molar-refractivity contribution < 1.29 is 9.59 Å². The molecule has 0 N–H and O–H groups in total. The van der Waals surface area contributed by atoms with Gasteiger partial charge < -0.3 is 0 Å². The van der Waals surface area contributed by atoms with Crippen LogP contribution < -0.4 is 4.90 Å². The summed E-state index contributed by atoms with van der Waals surface area (Å²) in [5.74, 6) is -0.547. The van der Waals surface area contributed by atoms with Gasteiger partial charge in [-0.05, 0) is 34.1 Å². The van der Waals surface area contributed by atoms with Crippen molar-refractivity contribution >= 4 is 33.3 Å². The monoisotopic (exact) mass is 317 g/mol. The van der Waals surface area contributed by atoms with Gasteiger partial charge in [-0.15, -0.1) is 0 Å². The number of carbonyl (C=O) groups excluding carboxylic acids is 2. The third kappa shape index (κ3) is 1.94. The van der Waals surface area contributed by atoms with Crippen LogP contribution in [0.1, 0.15) is 16.2 Å². The Kier molecular flexibility index (Phi) is 2.87. The summed E-state index contributed by atoms with van der Waals surface area (Å²) < 4.78 is 0.708. The molecule has 0 atom stereocenters. The van der Waals surface area contributed by atoms with Crippen molar-refractivity contribution in [2.24, 2.45) is 0 Å². The average Bonchev–Trinajstić information content (AvgIpc) is 2.67. The normalized spacial score (nSPS) is 13.8. The number of aromatic nitrogens is 2. The summed E-state index contributed by atoms with van der Waals surface area (Å²) in [6, 6.07) is 6.87. The fourth-order valence-corrected chi connectivity index (χ4v) is 2.60. The van der Waals surface area contributed by atoms with Gasteiger partial charge in [-0.25, -0.2) is 9.97 Å². The second-order valence-electron chi connectivity index (χ2n) is 4.02. The number of rotatable bonds is 2. The largest absolute Gasteiger partial charge is 0.299 e. The second kappa shape index (κ2) is 4.55. The Bertz CT molecular complexity index is 673. The molecule has 1 aliphatic rings. The molecule has 2 heterocycles. The molecule has 5 nitrogen and oxygen atoms in total. The SMILES string of the molecule is O=C1C(=O)N(Cc2ncccn2)c2c(Br)cccc21. The molecule has 6 heteroatoms. The number of nitrogens with zero attached hydrogens (tertiary/aromatic N) is 3. The molecule has 1 aliphatic heterocycles. The van der Waals surface area contributed by atoms with Crippen LogP contribution >= 0.6 is 15.9 Å². The lowest BCUT2D eigenvalue weighted by Crippen LogP contribution is -2.30. The van der Waals surface area contributed by atoms with Gasteiger partial charge in [0.2, 0.25) is 0 Å². The van der Waals surface area contributed by atoms with Crippen LogP contribution in [0.3, 0.4) is 0 Å². The summed E-state index contributed by atoms with van der Waals surface area (Å²) in [7, 11) is 0. The molecule has 1 aromatic carbocycles. The molecule has 3 rings (SSSR count). The van der Waals surface area contributed by atoms with Crippen molar-refractivity contribution in [1.82, 2.24) is 9.97 Å². The first-order chi connectivity index (χ1) is 9.18. The first kappa shape index (κ1) is 12.0. The number of hydrogen-bond acceptors (Lipinski definition) is 4. The van der Waals surface area contributed by atoms with Crippen molar-refractivity contribution in [3.05, 3.63) is 52.5 Å². The Hall–Kier alpha value is -2.08. The van der Waals surface area contributed by atoms with Gasteiger partial charge in [0.15, 0.2) is 0 Å². The van der Waals surface area contributed by atoms with E-state index in [4.69, 9.17) is 0 Å². The van der Waals surface area contributed by atoms with Gasteiger partial charge in [0.1, 0.15) is 5.82 Å². The average molecular weight is 318 g/mol. The Balaban J connectivity index is 2.04. The summed E-state index contributed by atoms with van der Waals surface area (Å²) >= 11 is 3.37. The van der Waals surface area contributed by atoms with E-state index in [1.165, 1.54) is 4.90 Å². The van der Waals surface area contributed by atoms with Crippen LogP contribution in [0.25, 0.3) is 0 Å². The smallest absolute Gasteiger partial charge is 0.296 e. The molecule has 0 aliphatic carbocycles. The molecule has 1 amide bonds. The minimum atomic E-state index is -0.547. The van der Waals surface area contributed by atoms with E-state index >= 15 is 0 Å². The summed E-state index contributed by atoms with van der Waals surface area (Å²) in [4.78, 5) is 33.5. The molecule has 0 spiro atoms. The Labute approximate surface area is 117 Å². The van der Waals surface area contributed by atoms with Crippen LogP contribution in [0.4, 0.5) is 5.69 Å². The van der Waals surface area contributed by atoms with Crippen LogP contribution in [-0.2, 0) is 11.3 Å². The van der Waals surface area contributed by atoms with E-state index in [0.29, 0.717) is 21.5 Å². The van der Waals surface area contributed by atoms with Gasteiger partial charge in [-0.3, -0.25) is 14.5 Å². The molecule has 0 radical (unpaired) electrons. The van der Waals surface area contributed by atoms with Gasteiger partial charge in [0, 0.05) is 16.9 Å². The fourth-order valence-electron chi connectivity index (χ4n) is 2.02. The molecule has 0 saturated heterocycles. The standard InChI is InChI=1S/C13H8BrN3O2/c14-9-4-1-3-8-11(9)17(13(19)12(8)18)7-10-15-5-2-6-16-10/h1-6H,7H2. The van der Waals surface area contributed by atoms with E-state index in [9.17, 15) is 9.59 Å². The van der Waals surface area contributed by atoms with Crippen LogP contribution in [0, 0.1) is 0 Å². The molecule has 0 saturated carbocycles. The highest BCUT2D eigenvalue weighted by Gasteiger charge is 2.37. The maximum absolute atomic E-state index is 12.0. The predicted molar refractivity (Wildman–Crippen MR) is 71.7 cm³/mol. The van der Waals surface area contributed by atoms with Gasteiger partial charge in [0.25, 0.3) is 11.7 Å². The summed E-state index contributed by atoms with van der Waals surface area (Å²) in [5, 5.41) is 0. The minimum absolute atomic E-state index is 0.182. The molecule has 0 unspecified atom stereocenters. The lowest BCUT2D eigenvalue weighted by Gasteiger charge is -2.16. The zero-order valence-corrected chi connectivity index (χ0v) is 11.3. The van der Waals surface area contributed by atoms with Crippen molar-refractivity contribution in [3.8, 4) is 0 Å². The van der Waals surface area contributed by atoms with Crippen LogP contribution in [0.5, 0.6) is 0 Å². The van der Waals surface area contributed by atoms with E-state index in [0.717, 1.165) is 0 Å². The van der Waals surface area contributed by atoms with E-state index in [2.05, 4.69) is 25.9 Å². The molecule has 0 bridgehead atoms. The lowest BCUT2D eigenvalue weighted by molar-refractivity contribution is -0.114. The van der Waals surface area contributed by atoms with E-state index in [1.54, 1.807) is 36.7 Å². The zero-order valence-electron chi connectivity index (χ0n) is 9.71. The molecule has 94 valence electrons. The molecule has 19 heavy (non-hydrogen) atoms. The van der Waals surface area contributed by atoms with Gasteiger partial charge >= 0.3 is 0 Å². The number of ketones is 1. The number of Topliss-reactive ketones (excluding diaryl/α,β-unsaturated/α-hetero) is 1. The number of hydrogen-bond donors (Lipinski definition) is 0. The van der Waals surface area contributed by atoms with Gasteiger partial charge in [-0.1, -0.05) is 6.07 Å². The highest BCUT2D eigenvalue weighted by atomic mass is 79.9. The molecule has 2 aromatic rings. The summed E-state index contributed by atoms with van der Waals surface area (Å²) in [5.41, 5.74) is 1.00. The maximum atomic E-state index is 12.0. The number of halogens is 1. The number of anilines is 1. The maximum Gasteiger partial charge on any atom is 0.299 e.